The molecule has 0 saturated carbocycles. The second kappa shape index (κ2) is 5.36. The highest BCUT2D eigenvalue weighted by Gasteiger charge is 2.03. The molecule has 0 fully saturated rings. The van der Waals surface area contributed by atoms with E-state index in [1.165, 1.54) is 6.07 Å². The third-order valence-corrected chi connectivity index (χ3v) is 3.15. The lowest BCUT2D eigenvalue weighted by molar-refractivity contribution is 0.628. The Hall–Kier alpha value is -1.29. The molecule has 4 heteroatoms. The van der Waals surface area contributed by atoms with Gasteiger partial charge in [0.2, 0.25) is 0 Å². The van der Waals surface area contributed by atoms with Crippen LogP contribution in [0.5, 0.6) is 0 Å². The summed E-state index contributed by atoms with van der Waals surface area (Å²) in [4.78, 5) is 0. The van der Waals surface area contributed by atoms with Gasteiger partial charge in [0.1, 0.15) is 5.82 Å². The summed E-state index contributed by atoms with van der Waals surface area (Å²) >= 11 is 3.24. The minimum Gasteiger partial charge on any atom is -0.377 e. The van der Waals surface area contributed by atoms with Crippen molar-refractivity contribution in [2.45, 2.75) is 20.0 Å². The first-order valence-corrected chi connectivity index (χ1v) is 6.33. The Morgan fingerprint density at radius 2 is 2.18 bits per heavy atom. The van der Waals surface area contributed by atoms with Crippen molar-refractivity contribution in [3.05, 3.63) is 52.5 Å². The van der Waals surface area contributed by atoms with Crippen LogP contribution in [0.15, 0.2) is 41.0 Å². The fourth-order valence-electron chi connectivity index (χ4n) is 1.74. The first-order chi connectivity index (χ1) is 8.20. The van der Waals surface area contributed by atoms with Crippen molar-refractivity contribution >= 4 is 21.6 Å². The molecule has 2 aromatic rings. The molecule has 1 N–H and O–H groups in total. The molecule has 0 unspecified atom stereocenters. The predicted molar refractivity (Wildman–Crippen MR) is 71.5 cm³/mol. The number of aromatic nitrogens is 1. The largest absolute Gasteiger partial charge is 0.377 e. The second-order valence-corrected chi connectivity index (χ2v) is 4.68. The van der Waals surface area contributed by atoms with E-state index in [1.807, 2.05) is 24.4 Å². The first-order valence-electron chi connectivity index (χ1n) is 5.53. The predicted octanol–water partition coefficient (Wildman–Crippen LogP) is 4.02. The molecule has 90 valence electrons. The maximum atomic E-state index is 13.6. The number of hydrogen-bond donors (Lipinski definition) is 1. The van der Waals surface area contributed by atoms with Gasteiger partial charge in [-0.25, -0.2) is 4.39 Å². The van der Waals surface area contributed by atoms with E-state index in [-0.39, 0.29) is 5.82 Å². The van der Waals surface area contributed by atoms with Crippen LogP contribution in [0.3, 0.4) is 0 Å². The van der Waals surface area contributed by atoms with Gasteiger partial charge in [-0.15, -0.1) is 0 Å². The van der Waals surface area contributed by atoms with Crippen molar-refractivity contribution < 1.29 is 4.39 Å². The summed E-state index contributed by atoms with van der Waals surface area (Å²) in [6.45, 7) is 3.63. The average molecular weight is 297 g/mol. The molecule has 1 heterocycles. The Balaban J connectivity index is 2.07. The fraction of sp³-hybridized carbons (Fsp3) is 0.231. The lowest BCUT2D eigenvalue weighted by Crippen LogP contribution is -2.06. The number of rotatable bonds is 4. The number of anilines is 1. The van der Waals surface area contributed by atoms with Gasteiger partial charge < -0.3 is 9.88 Å². The van der Waals surface area contributed by atoms with Crippen molar-refractivity contribution in [3.8, 4) is 0 Å². The third-order valence-electron chi connectivity index (χ3n) is 2.66. The standard InChI is InChI=1S/C13H14BrFN2/c1-2-17-7-3-4-11(17)9-16-13-6-5-10(14)8-12(13)15/h3-8,16H,2,9H2,1H3. The van der Waals surface area contributed by atoms with Gasteiger partial charge in [0.15, 0.2) is 0 Å². The minimum atomic E-state index is -0.242. The molecule has 1 aromatic heterocycles. The smallest absolute Gasteiger partial charge is 0.147 e. The molecular formula is C13H14BrFN2. The Labute approximate surface area is 109 Å². The van der Waals surface area contributed by atoms with Gasteiger partial charge in [0.25, 0.3) is 0 Å². The summed E-state index contributed by atoms with van der Waals surface area (Å²) in [6.07, 6.45) is 2.02. The van der Waals surface area contributed by atoms with Crippen LogP contribution in [-0.2, 0) is 13.1 Å². The molecule has 2 rings (SSSR count). The molecule has 0 saturated heterocycles. The van der Waals surface area contributed by atoms with Crippen LogP contribution in [0, 0.1) is 5.82 Å². The summed E-state index contributed by atoms with van der Waals surface area (Å²) in [7, 11) is 0. The van der Waals surface area contributed by atoms with E-state index in [2.05, 4.69) is 32.7 Å². The molecule has 0 amide bonds. The van der Waals surface area contributed by atoms with Crippen LogP contribution < -0.4 is 5.32 Å². The van der Waals surface area contributed by atoms with Crippen molar-refractivity contribution in [2.24, 2.45) is 0 Å². The van der Waals surface area contributed by atoms with Crippen LogP contribution in [0.4, 0.5) is 10.1 Å². The number of aryl methyl sites for hydroxylation is 1. The van der Waals surface area contributed by atoms with Gasteiger partial charge in [-0.1, -0.05) is 15.9 Å². The van der Waals surface area contributed by atoms with Crippen molar-refractivity contribution in [2.75, 3.05) is 5.32 Å². The molecule has 17 heavy (non-hydrogen) atoms. The van der Waals surface area contributed by atoms with Gasteiger partial charge in [-0.05, 0) is 37.3 Å². The highest BCUT2D eigenvalue weighted by molar-refractivity contribution is 9.10. The molecule has 0 aliphatic carbocycles. The van der Waals surface area contributed by atoms with Gasteiger partial charge in [-0.3, -0.25) is 0 Å². The van der Waals surface area contributed by atoms with Crippen molar-refractivity contribution in [1.29, 1.82) is 0 Å². The molecule has 2 nitrogen and oxygen atoms in total. The number of halogens is 2. The molecule has 0 aliphatic heterocycles. The lowest BCUT2D eigenvalue weighted by atomic mass is 10.3. The molecule has 0 atom stereocenters. The summed E-state index contributed by atoms with van der Waals surface area (Å²) in [6, 6.07) is 9.05. The monoisotopic (exact) mass is 296 g/mol. The van der Waals surface area contributed by atoms with E-state index in [1.54, 1.807) is 6.07 Å². The maximum Gasteiger partial charge on any atom is 0.147 e. The zero-order valence-electron chi connectivity index (χ0n) is 9.58. The van der Waals surface area contributed by atoms with Crippen LogP contribution >= 0.6 is 15.9 Å². The topological polar surface area (TPSA) is 17.0 Å². The zero-order chi connectivity index (χ0) is 12.3. The highest BCUT2D eigenvalue weighted by atomic mass is 79.9. The molecule has 1 aromatic carbocycles. The van der Waals surface area contributed by atoms with Crippen LogP contribution in [0.2, 0.25) is 0 Å². The molecule has 0 spiro atoms. The normalized spacial score (nSPS) is 10.5. The summed E-state index contributed by atoms with van der Waals surface area (Å²) in [5, 5.41) is 3.10. The molecule has 0 radical (unpaired) electrons. The molecule has 0 aliphatic rings. The maximum absolute atomic E-state index is 13.6. The average Bonchev–Trinajstić information content (AvgIpc) is 2.75. The van der Waals surface area contributed by atoms with E-state index in [4.69, 9.17) is 0 Å². The van der Waals surface area contributed by atoms with E-state index >= 15 is 0 Å². The van der Waals surface area contributed by atoms with E-state index < -0.39 is 0 Å². The van der Waals surface area contributed by atoms with E-state index in [9.17, 15) is 4.39 Å². The van der Waals surface area contributed by atoms with E-state index in [0.29, 0.717) is 12.2 Å². The lowest BCUT2D eigenvalue weighted by Gasteiger charge is -2.10. The van der Waals surface area contributed by atoms with Gasteiger partial charge in [0.05, 0.1) is 12.2 Å². The Kier molecular flexibility index (Phi) is 3.84. The van der Waals surface area contributed by atoms with Crippen molar-refractivity contribution in [3.63, 3.8) is 0 Å². The summed E-state index contributed by atoms with van der Waals surface area (Å²) in [5.41, 5.74) is 1.67. The van der Waals surface area contributed by atoms with Gasteiger partial charge >= 0.3 is 0 Å². The van der Waals surface area contributed by atoms with Crippen LogP contribution in [0.1, 0.15) is 12.6 Å². The second-order valence-electron chi connectivity index (χ2n) is 3.76. The number of benzene rings is 1. The third kappa shape index (κ3) is 2.88. The number of hydrogen-bond acceptors (Lipinski definition) is 1. The first kappa shape index (κ1) is 12.2. The zero-order valence-corrected chi connectivity index (χ0v) is 11.2. The summed E-state index contributed by atoms with van der Waals surface area (Å²) < 4.78 is 16.4. The Bertz CT molecular complexity index is 508. The molecular weight excluding hydrogens is 283 g/mol. The van der Waals surface area contributed by atoms with Crippen LogP contribution in [0.25, 0.3) is 0 Å². The van der Waals surface area contributed by atoms with Crippen molar-refractivity contribution in [1.82, 2.24) is 4.57 Å². The van der Waals surface area contributed by atoms with Crippen LogP contribution in [-0.4, -0.2) is 4.57 Å². The molecule has 0 bridgehead atoms. The van der Waals surface area contributed by atoms with E-state index in [0.717, 1.165) is 16.7 Å². The highest BCUT2D eigenvalue weighted by Crippen LogP contribution is 2.20. The summed E-state index contributed by atoms with van der Waals surface area (Å²) in [5.74, 6) is -0.242. The quantitative estimate of drug-likeness (QED) is 0.902. The minimum absolute atomic E-state index is 0.242. The SMILES string of the molecule is CCn1cccc1CNc1ccc(Br)cc1F. The fourth-order valence-corrected chi connectivity index (χ4v) is 2.07. The Morgan fingerprint density at radius 3 is 2.88 bits per heavy atom. The Morgan fingerprint density at radius 1 is 1.35 bits per heavy atom. The number of nitrogens with one attached hydrogen (secondary N) is 1. The number of nitrogens with zero attached hydrogens (tertiary/aromatic N) is 1. The van der Waals surface area contributed by atoms with Gasteiger partial charge in [0, 0.05) is 22.9 Å². The van der Waals surface area contributed by atoms with Gasteiger partial charge in [-0.2, -0.15) is 0 Å².